The molecule has 5 rings (SSSR count). The standard InChI is InChI=1S/C27H25N7O3/c1-17-24-23(26(32-15-7-8-16-32)34(31-24)22-9-5-4-6-10-22)27(37)33(30-17)18(2)25(36)29-21-13-11-20(12-14-21)28-19(3)35/h4-16,18H,1-3H3,(H,28,35)(H,29,36)/t18-/m1/s1. The number of benzene rings is 2. The van der Waals surface area contributed by atoms with Crippen LogP contribution in [0.4, 0.5) is 11.4 Å². The summed E-state index contributed by atoms with van der Waals surface area (Å²) in [7, 11) is 0. The molecule has 3 heterocycles. The Bertz CT molecular complexity index is 1650. The minimum absolute atomic E-state index is 0.184. The van der Waals surface area contributed by atoms with Crippen LogP contribution in [0.1, 0.15) is 25.6 Å². The van der Waals surface area contributed by atoms with Crippen LogP contribution in [-0.4, -0.2) is 35.9 Å². The van der Waals surface area contributed by atoms with Gasteiger partial charge in [-0.15, -0.1) is 0 Å². The van der Waals surface area contributed by atoms with Gasteiger partial charge in [0, 0.05) is 30.7 Å². The Morgan fingerprint density at radius 1 is 0.865 bits per heavy atom. The van der Waals surface area contributed by atoms with Gasteiger partial charge in [-0.1, -0.05) is 18.2 Å². The Hall–Kier alpha value is -4.99. The normalized spacial score (nSPS) is 11.9. The van der Waals surface area contributed by atoms with E-state index < -0.39 is 17.5 Å². The van der Waals surface area contributed by atoms with E-state index in [1.54, 1.807) is 42.8 Å². The number of carbonyl (C=O) groups is 2. The fraction of sp³-hybridized carbons (Fsp3) is 0.148. The molecule has 2 aromatic carbocycles. The van der Waals surface area contributed by atoms with Gasteiger partial charge in [-0.2, -0.15) is 10.2 Å². The number of para-hydroxylation sites is 1. The number of aryl methyl sites for hydroxylation is 1. The first-order valence-corrected chi connectivity index (χ1v) is 11.7. The van der Waals surface area contributed by atoms with Crippen LogP contribution < -0.4 is 16.2 Å². The zero-order valence-electron chi connectivity index (χ0n) is 20.5. The fourth-order valence-corrected chi connectivity index (χ4v) is 4.15. The highest BCUT2D eigenvalue weighted by Crippen LogP contribution is 2.25. The van der Waals surface area contributed by atoms with Gasteiger partial charge in [0.1, 0.15) is 16.9 Å². The van der Waals surface area contributed by atoms with Crippen molar-refractivity contribution in [2.75, 3.05) is 10.6 Å². The minimum Gasteiger partial charge on any atom is -0.326 e. The molecule has 0 fully saturated rings. The average molecular weight is 496 g/mol. The lowest BCUT2D eigenvalue weighted by molar-refractivity contribution is -0.119. The van der Waals surface area contributed by atoms with E-state index in [-0.39, 0.29) is 5.91 Å². The topological polar surface area (TPSA) is 116 Å². The second kappa shape index (κ2) is 9.57. The number of fused-ring (bicyclic) bond motifs is 1. The number of hydrogen-bond acceptors (Lipinski definition) is 5. The van der Waals surface area contributed by atoms with E-state index in [1.165, 1.54) is 11.6 Å². The molecule has 2 N–H and O–H groups in total. The van der Waals surface area contributed by atoms with Crippen LogP contribution in [-0.2, 0) is 9.59 Å². The van der Waals surface area contributed by atoms with E-state index in [4.69, 9.17) is 5.10 Å². The van der Waals surface area contributed by atoms with Gasteiger partial charge in [0.05, 0.1) is 11.4 Å². The number of aromatic nitrogens is 5. The maximum atomic E-state index is 13.8. The number of hydrogen-bond donors (Lipinski definition) is 2. The molecule has 37 heavy (non-hydrogen) atoms. The molecule has 0 radical (unpaired) electrons. The molecule has 2 amide bonds. The second-order valence-corrected chi connectivity index (χ2v) is 8.64. The average Bonchev–Trinajstić information content (AvgIpc) is 3.55. The highest BCUT2D eigenvalue weighted by atomic mass is 16.2. The first-order valence-electron chi connectivity index (χ1n) is 11.7. The van der Waals surface area contributed by atoms with Gasteiger partial charge in [-0.25, -0.2) is 9.36 Å². The zero-order chi connectivity index (χ0) is 26.1. The Balaban J connectivity index is 1.56. The summed E-state index contributed by atoms with van der Waals surface area (Å²) >= 11 is 0. The molecule has 0 aliphatic carbocycles. The van der Waals surface area contributed by atoms with Crippen molar-refractivity contribution in [2.24, 2.45) is 0 Å². The molecule has 0 saturated carbocycles. The number of nitrogens with one attached hydrogen (secondary N) is 2. The van der Waals surface area contributed by atoms with Crippen molar-refractivity contribution in [3.63, 3.8) is 0 Å². The van der Waals surface area contributed by atoms with Crippen LogP contribution in [0, 0.1) is 6.92 Å². The number of amides is 2. The fourth-order valence-electron chi connectivity index (χ4n) is 4.15. The van der Waals surface area contributed by atoms with Crippen molar-refractivity contribution < 1.29 is 9.59 Å². The molecule has 0 unspecified atom stereocenters. The summed E-state index contributed by atoms with van der Waals surface area (Å²) in [4.78, 5) is 38.1. The Labute approximate surface area is 212 Å². The van der Waals surface area contributed by atoms with E-state index in [0.717, 1.165) is 5.69 Å². The lowest BCUT2D eigenvalue weighted by atomic mass is 10.2. The third-order valence-electron chi connectivity index (χ3n) is 5.95. The summed E-state index contributed by atoms with van der Waals surface area (Å²) in [6, 6.07) is 19.1. The quantitative estimate of drug-likeness (QED) is 0.371. The maximum absolute atomic E-state index is 13.8. The number of anilines is 2. The highest BCUT2D eigenvalue weighted by Gasteiger charge is 2.25. The van der Waals surface area contributed by atoms with Crippen LogP contribution in [0.5, 0.6) is 0 Å². The Morgan fingerprint density at radius 2 is 1.49 bits per heavy atom. The summed E-state index contributed by atoms with van der Waals surface area (Å²) in [5.74, 6) is -0.0216. The summed E-state index contributed by atoms with van der Waals surface area (Å²) < 4.78 is 4.74. The molecule has 186 valence electrons. The number of carbonyl (C=O) groups excluding carboxylic acids is 2. The smallest absolute Gasteiger partial charge is 0.280 e. The van der Waals surface area contributed by atoms with E-state index in [1.807, 2.05) is 59.4 Å². The van der Waals surface area contributed by atoms with Crippen molar-refractivity contribution in [2.45, 2.75) is 26.8 Å². The summed E-state index contributed by atoms with van der Waals surface area (Å²) in [6.45, 7) is 4.81. The molecule has 10 heteroatoms. The molecule has 0 spiro atoms. The lowest BCUT2D eigenvalue weighted by Crippen LogP contribution is -2.34. The minimum atomic E-state index is -0.900. The van der Waals surface area contributed by atoms with E-state index in [2.05, 4.69) is 15.7 Å². The van der Waals surface area contributed by atoms with Gasteiger partial charge in [0.15, 0.2) is 5.82 Å². The Morgan fingerprint density at radius 3 is 2.11 bits per heavy atom. The van der Waals surface area contributed by atoms with Crippen molar-refractivity contribution in [1.29, 1.82) is 0 Å². The second-order valence-electron chi connectivity index (χ2n) is 8.64. The monoisotopic (exact) mass is 495 g/mol. The number of nitrogens with zero attached hydrogens (tertiary/aromatic N) is 5. The molecule has 3 aromatic heterocycles. The van der Waals surface area contributed by atoms with Crippen LogP contribution in [0.15, 0.2) is 83.9 Å². The third-order valence-corrected chi connectivity index (χ3v) is 5.95. The molecule has 0 bridgehead atoms. The summed E-state index contributed by atoms with van der Waals surface area (Å²) in [5, 5.41) is 15.0. The summed E-state index contributed by atoms with van der Waals surface area (Å²) in [5.41, 5.74) is 2.51. The van der Waals surface area contributed by atoms with Gasteiger partial charge >= 0.3 is 0 Å². The zero-order valence-corrected chi connectivity index (χ0v) is 20.5. The van der Waals surface area contributed by atoms with Crippen molar-refractivity contribution in [1.82, 2.24) is 24.1 Å². The molecule has 0 saturated heterocycles. The molecule has 10 nitrogen and oxygen atoms in total. The van der Waals surface area contributed by atoms with Gasteiger partial charge < -0.3 is 15.2 Å². The van der Waals surface area contributed by atoms with Crippen LogP contribution >= 0.6 is 0 Å². The van der Waals surface area contributed by atoms with Crippen LogP contribution in [0.25, 0.3) is 22.4 Å². The third kappa shape index (κ3) is 4.52. The van der Waals surface area contributed by atoms with Gasteiger partial charge in [0.25, 0.3) is 5.56 Å². The van der Waals surface area contributed by atoms with Crippen molar-refractivity contribution >= 4 is 34.1 Å². The van der Waals surface area contributed by atoms with Gasteiger partial charge in [-0.05, 0) is 62.4 Å². The predicted molar refractivity (Wildman–Crippen MR) is 141 cm³/mol. The molecular weight excluding hydrogens is 470 g/mol. The number of rotatable bonds is 6. The van der Waals surface area contributed by atoms with E-state index in [0.29, 0.717) is 33.8 Å². The first kappa shape index (κ1) is 23.7. The van der Waals surface area contributed by atoms with E-state index >= 15 is 0 Å². The Kier molecular flexibility index (Phi) is 6.14. The van der Waals surface area contributed by atoms with Crippen LogP contribution in [0.2, 0.25) is 0 Å². The molecule has 1 atom stereocenters. The first-order chi connectivity index (χ1) is 17.8. The highest BCUT2D eigenvalue weighted by molar-refractivity contribution is 5.95. The lowest BCUT2D eigenvalue weighted by Gasteiger charge is -2.15. The van der Waals surface area contributed by atoms with Crippen LogP contribution in [0.3, 0.4) is 0 Å². The van der Waals surface area contributed by atoms with Gasteiger partial charge in [0.2, 0.25) is 11.8 Å². The largest absolute Gasteiger partial charge is 0.326 e. The predicted octanol–water partition coefficient (Wildman–Crippen LogP) is 3.84. The van der Waals surface area contributed by atoms with Gasteiger partial charge in [-0.3, -0.25) is 14.4 Å². The van der Waals surface area contributed by atoms with Crippen molar-refractivity contribution in [3.8, 4) is 11.5 Å². The summed E-state index contributed by atoms with van der Waals surface area (Å²) in [6.07, 6.45) is 3.69. The molecular formula is C27H25N7O3. The molecule has 5 aromatic rings. The maximum Gasteiger partial charge on any atom is 0.280 e. The van der Waals surface area contributed by atoms with E-state index in [9.17, 15) is 14.4 Å². The molecule has 0 aliphatic heterocycles. The van der Waals surface area contributed by atoms with Crippen molar-refractivity contribution in [3.05, 3.63) is 95.2 Å². The molecule has 0 aliphatic rings. The SMILES string of the molecule is CC(=O)Nc1ccc(NC(=O)[C@@H](C)n2nc(C)c3nn(-c4ccccc4)c(-n4cccc4)c3c2=O)cc1.